The van der Waals surface area contributed by atoms with Gasteiger partial charge in [-0.3, -0.25) is 4.98 Å². The van der Waals surface area contributed by atoms with Gasteiger partial charge in [-0.15, -0.1) is 11.3 Å². The number of aromatic nitrogens is 3. The Labute approximate surface area is 104 Å². The molecular formula is C11H15N5S. The summed E-state index contributed by atoms with van der Waals surface area (Å²) in [4.78, 5) is 14.0. The van der Waals surface area contributed by atoms with Crippen LogP contribution in [0.25, 0.3) is 0 Å². The molecule has 0 saturated carbocycles. The van der Waals surface area contributed by atoms with E-state index in [4.69, 9.17) is 0 Å². The average Bonchev–Trinajstić information content (AvgIpc) is 2.84. The van der Waals surface area contributed by atoms with Crippen LogP contribution in [0.15, 0.2) is 18.6 Å². The summed E-state index contributed by atoms with van der Waals surface area (Å²) in [5.41, 5.74) is 0. The van der Waals surface area contributed by atoms with E-state index >= 15 is 0 Å². The van der Waals surface area contributed by atoms with Crippen LogP contribution < -0.4 is 10.6 Å². The monoisotopic (exact) mass is 249 g/mol. The maximum atomic E-state index is 4.34. The van der Waals surface area contributed by atoms with E-state index in [-0.39, 0.29) is 0 Å². The van der Waals surface area contributed by atoms with Gasteiger partial charge < -0.3 is 10.6 Å². The van der Waals surface area contributed by atoms with E-state index in [0.717, 1.165) is 23.1 Å². The Morgan fingerprint density at radius 3 is 2.76 bits per heavy atom. The van der Waals surface area contributed by atoms with Gasteiger partial charge in [0, 0.05) is 18.1 Å². The SMILES string of the molecule is CCc1cnc(CNc2cncc(NC)n2)s1. The molecule has 17 heavy (non-hydrogen) atoms. The largest absolute Gasteiger partial charge is 0.372 e. The van der Waals surface area contributed by atoms with Crippen LogP contribution in [0, 0.1) is 0 Å². The van der Waals surface area contributed by atoms with Crippen LogP contribution in [0.2, 0.25) is 0 Å². The first kappa shape index (κ1) is 11.8. The van der Waals surface area contributed by atoms with Gasteiger partial charge in [-0.25, -0.2) is 9.97 Å². The van der Waals surface area contributed by atoms with Crippen LogP contribution >= 0.6 is 11.3 Å². The molecule has 2 aromatic heterocycles. The Hall–Kier alpha value is -1.69. The minimum Gasteiger partial charge on any atom is -0.372 e. The Kier molecular flexibility index (Phi) is 3.87. The molecule has 0 atom stereocenters. The van der Waals surface area contributed by atoms with Crippen LogP contribution in [0.3, 0.4) is 0 Å². The highest BCUT2D eigenvalue weighted by molar-refractivity contribution is 7.11. The highest BCUT2D eigenvalue weighted by Crippen LogP contribution is 2.15. The summed E-state index contributed by atoms with van der Waals surface area (Å²) in [5.74, 6) is 1.51. The zero-order chi connectivity index (χ0) is 12.1. The van der Waals surface area contributed by atoms with E-state index in [1.807, 2.05) is 13.2 Å². The minimum atomic E-state index is 0.687. The van der Waals surface area contributed by atoms with Crippen LogP contribution in [-0.2, 0) is 13.0 Å². The van der Waals surface area contributed by atoms with Crippen LogP contribution in [0.1, 0.15) is 16.8 Å². The van der Waals surface area contributed by atoms with Gasteiger partial charge in [0.2, 0.25) is 0 Å². The van der Waals surface area contributed by atoms with Crippen molar-refractivity contribution in [3.8, 4) is 0 Å². The zero-order valence-electron chi connectivity index (χ0n) is 9.90. The van der Waals surface area contributed by atoms with Gasteiger partial charge in [0.1, 0.15) is 16.6 Å². The zero-order valence-corrected chi connectivity index (χ0v) is 10.7. The van der Waals surface area contributed by atoms with Crippen molar-refractivity contribution in [1.29, 1.82) is 0 Å². The van der Waals surface area contributed by atoms with Crippen molar-refractivity contribution >= 4 is 23.0 Å². The summed E-state index contributed by atoms with van der Waals surface area (Å²) in [6, 6.07) is 0. The Balaban J connectivity index is 1.96. The van der Waals surface area contributed by atoms with Gasteiger partial charge in [0.05, 0.1) is 18.9 Å². The lowest BCUT2D eigenvalue weighted by atomic mass is 10.4. The normalized spacial score (nSPS) is 10.2. The lowest BCUT2D eigenvalue weighted by molar-refractivity contribution is 1.06. The Morgan fingerprint density at radius 2 is 2.06 bits per heavy atom. The van der Waals surface area contributed by atoms with Crippen molar-refractivity contribution in [3.63, 3.8) is 0 Å². The summed E-state index contributed by atoms with van der Waals surface area (Å²) in [6.45, 7) is 2.82. The molecule has 6 heteroatoms. The number of nitrogens with zero attached hydrogens (tertiary/aromatic N) is 3. The molecule has 0 aromatic carbocycles. The highest BCUT2D eigenvalue weighted by Gasteiger charge is 2.01. The van der Waals surface area contributed by atoms with E-state index in [9.17, 15) is 0 Å². The number of hydrogen-bond acceptors (Lipinski definition) is 6. The average molecular weight is 249 g/mol. The highest BCUT2D eigenvalue weighted by atomic mass is 32.1. The van der Waals surface area contributed by atoms with Crippen LogP contribution in [-0.4, -0.2) is 22.0 Å². The van der Waals surface area contributed by atoms with Gasteiger partial charge in [0.15, 0.2) is 0 Å². The first-order chi connectivity index (χ1) is 8.31. The van der Waals surface area contributed by atoms with E-state index in [0.29, 0.717) is 6.54 Å². The molecule has 0 aliphatic carbocycles. The van der Waals surface area contributed by atoms with Crippen molar-refractivity contribution in [3.05, 3.63) is 28.5 Å². The fraction of sp³-hybridized carbons (Fsp3) is 0.364. The molecule has 5 nitrogen and oxygen atoms in total. The van der Waals surface area contributed by atoms with Crippen molar-refractivity contribution in [2.24, 2.45) is 0 Å². The minimum absolute atomic E-state index is 0.687. The fourth-order valence-corrected chi connectivity index (χ4v) is 2.13. The first-order valence-electron chi connectivity index (χ1n) is 5.49. The molecule has 2 rings (SSSR count). The fourth-order valence-electron chi connectivity index (χ4n) is 1.33. The van der Waals surface area contributed by atoms with E-state index in [1.165, 1.54) is 4.88 Å². The number of aryl methyl sites for hydroxylation is 1. The second-order valence-corrected chi connectivity index (χ2v) is 4.67. The van der Waals surface area contributed by atoms with Gasteiger partial charge in [-0.1, -0.05) is 6.92 Å². The maximum absolute atomic E-state index is 4.34. The Bertz CT molecular complexity index is 482. The van der Waals surface area contributed by atoms with Gasteiger partial charge in [-0.2, -0.15) is 0 Å². The number of anilines is 2. The van der Waals surface area contributed by atoms with E-state index < -0.39 is 0 Å². The van der Waals surface area contributed by atoms with E-state index in [1.54, 1.807) is 23.7 Å². The summed E-state index contributed by atoms with van der Waals surface area (Å²) >= 11 is 1.72. The van der Waals surface area contributed by atoms with Crippen molar-refractivity contribution < 1.29 is 0 Å². The predicted molar refractivity (Wildman–Crippen MR) is 70.4 cm³/mol. The summed E-state index contributed by atoms with van der Waals surface area (Å²) < 4.78 is 0. The van der Waals surface area contributed by atoms with Crippen molar-refractivity contribution in [2.75, 3.05) is 17.7 Å². The summed E-state index contributed by atoms with van der Waals surface area (Å²) in [7, 11) is 1.82. The van der Waals surface area contributed by atoms with Crippen molar-refractivity contribution in [1.82, 2.24) is 15.0 Å². The molecule has 0 spiro atoms. The molecule has 0 saturated heterocycles. The smallest absolute Gasteiger partial charge is 0.147 e. The summed E-state index contributed by atoms with van der Waals surface area (Å²) in [6.07, 6.45) is 6.35. The molecule has 0 aliphatic heterocycles. The third-order valence-corrected chi connectivity index (χ3v) is 3.40. The second kappa shape index (κ2) is 5.58. The molecule has 2 N–H and O–H groups in total. The second-order valence-electron chi connectivity index (χ2n) is 3.47. The molecule has 2 heterocycles. The molecule has 2 aromatic rings. The predicted octanol–water partition coefficient (Wildman–Crippen LogP) is 2.15. The topological polar surface area (TPSA) is 62.7 Å². The van der Waals surface area contributed by atoms with Gasteiger partial charge in [-0.05, 0) is 6.42 Å². The molecule has 0 fully saturated rings. The third kappa shape index (κ3) is 3.13. The molecule has 0 aliphatic rings. The lowest BCUT2D eigenvalue weighted by Crippen LogP contribution is -2.03. The molecule has 0 unspecified atom stereocenters. The third-order valence-electron chi connectivity index (χ3n) is 2.26. The molecule has 0 radical (unpaired) electrons. The van der Waals surface area contributed by atoms with Crippen LogP contribution in [0.4, 0.5) is 11.6 Å². The number of thiazole rings is 1. The number of nitrogens with one attached hydrogen (secondary N) is 2. The summed E-state index contributed by atoms with van der Waals surface area (Å²) in [5, 5.41) is 7.23. The van der Waals surface area contributed by atoms with Gasteiger partial charge in [0.25, 0.3) is 0 Å². The molecule has 90 valence electrons. The van der Waals surface area contributed by atoms with Crippen LogP contribution in [0.5, 0.6) is 0 Å². The Morgan fingerprint density at radius 1 is 1.24 bits per heavy atom. The standard InChI is InChI=1S/C11H15N5S/c1-3-8-4-15-11(17-8)7-14-10-6-13-5-9(12-2)16-10/h4-6H,3,7H2,1-2H3,(H2,12,14,16). The molecule has 0 bridgehead atoms. The number of hydrogen-bond donors (Lipinski definition) is 2. The lowest BCUT2D eigenvalue weighted by Gasteiger charge is -2.04. The number of rotatable bonds is 5. The quantitative estimate of drug-likeness (QED) is 0.850. The molecular weight excluding hydrogens is 234 g/mol. The maximum Gasteiger partial charge on any atom is 0.147 e. The molecule has 0 amide bonds. The van der Waals surface area contributed by atoms with Gasteiger partial charge >= 0.3 is 0 Å². The van der Waals surface area contributed by atoms with Crippen molar-refractivity contribution in [2.45, 2.75) is 19.9 Å². The first-order valence-corrected chi connectivity index (χ1v) is 6.30. The van der Waals surface area contributed by atoms with E-state index in [2.05, 4.69) is 32.5 Å².